The number of morpholine rings is 1. The van der Waals surface area contributed by atoms with Gasteiger partial charge in [-0.05, 0) is 5.92 Å². The van der Waals surface area contributed by atoms with Gasteiger partial charge in [0.25, 0.3) is 0 Å². The third-order valence-electron chi connectivity index (χ3n) is 4.82. The number of amides is 1. The Bertz CT molecular complexity index is 472. The number of aromatic nitrogens is 3. The molecule has 0 saturated carbocycles. The van der Waals surface area contributed by atoms with Crippen molar-refractivity contribution in [2.24, 2.45) is 5.92 Å². The van der Waals surface area contributed by atoms with Crippen LogP contribution in [-0.4, -0.2) is 76.1 Å². The van der Waals surface area contributed by atoms with Gasteiger partial charge >= 0.3 is 0 Å². The van der Waals surface area contributed by atoms with Crippen LogP contribution in [0.25, 0.3) is 0 Å². The molecule has 2 saturated heterocycles. The van der Waals surface area contributed by atoms with Crippen LogP contribution in [0.2, 0.25) is 0 Å². The largest absolute Gasteiger partial charge is 0.379 e. The number of likely N-dealkylation sites (tertiary alicyclic amines) is 1. The molecular weight excluding hydrogens is 282 g/mol. The van der Waals surface area contributed by atoms with Gasteiger partial charge in [0, 0.05) is 44.8 Å². The van der Waals surface area contributed by atoms with Crippen molar-refractivity contribution in [2.45, 2.75) is 32.4 Å². The molecule has 2 aliphatic heterocycles. The lowest BCUT2D eigenvalue weighted by atomic mass is 9.99. The average Bonchev–Trinajstić information content (AvgIpc) is 3.22. The molecule has 7 nitrogen and oxygen atoms in total. The molecule has 0 radical (unpaired) electrons. The second-order valence-corrected chi connectivity index (χ2v) is 6.10. The Hall–Kier alpha value is -1.47. The minimum Gasteiger partial charge on any atom is -0.379 e. The lowest BCUT2D eigenvalue weighted by Crippen LogP contribution is -2.47. The monoisotopic (exact) mass is 307 g/mol. The van der Waals surface area contributed by atoms with E-state index in [1.54, 1.807) is 17.1 Å². The maximum absolute atomic E-state index is 12.5. The van der Waals surface area contributed by atoms with Crippen LogP contribution in [0.3, 0.4) is 0 Å². The van der Waals surface area contributed by atoms with Crippen molar-refractivity contribution in [2.75, 3.05) is 39.4 Å². The molecule has 7 heteroatoms. The van der Waals surface area contributed by atoms with Gasteiger partial charge < -0.3 is 9.64 Å². The third-order valence-corrected chi connectivity index (χ3v) is 4.82. The SMILES string of the molecule is CC[C@@H]1CN(C(=O)CCn2ccnn2)C[C@@H]1N1CCOCC1. The van der Waals surface area contributed by atoms with Crippen molar-refractivity contribution in [3.8, 4) is 0 Å². The Kier molecular flexibility index (Phi) is 5.04. The van der Waals surface area contributed by atoms with Gasteiger partial charge in [-0.2, -0.15) is 0 Å². The van der Waals surface area contributed by atoms with Gasteiger partial charge in [0.2, 0.25) is 5.91 Å². The fourth-order valence-corrected chi connectivity index (χ4v) is 3.50. The summed E-state index contributed by atoms with van der Waals surface area (Å²) in [6, 6.07) is 0.490. The minimum atomic E-state index is 0.227. The van der Waals surface area contributed by atoms with Gasteiger partial charge in [0.1, 0.15) is 0 Å². The summed E-state index contributed by atoms with van der Waals surface area (Å²) in [7, 11) is 0. The highest BCUT2D eigenvalue weighted by molar-refractivity contribution is 5.76. The summed E-state index contributed by atoms with van der Waals surface area (Å²) in [6.45, 7) is 8.17. The number of aryl methyl sites for hydroxylation is 1. The quantitative estimate of drug-likeness (QED) is 0.779. The summed E-state index contributed by atoms with van der Waals surface area (Å²) >= 11 is 0. The molecule has 1 amide bonds. The van der Waals surface area contributed by atoms with Crippen LogP contribution in [0.15, 0.2) is 12.4 Å². The van der Waals surface area contributed by atoms with Crippen molar-refractivity contribution < 1.29 is 9.53 Å². The smallest absolute Gasteiger partial charge is 0.224 e. The molecule has 2 fully saturated rings. The van der Waals surface area contributed by atoms with Gasteiger partial charge in [-0.3, -0.25) is 14.4 Å². The van der Waals surface area contributed by atoms with Gasteiger partial charge in [0.15, 0.2) is 0 Å². The van der Waals surface area contributed by atoms with Gasteiger partial charge in [-0.15, -0.1) is 5.10 Å². The Morgan fingerprint density at radius 1 is 1.32 bits per heavy atom. The first kappa shape index (κ1) is 15.4. The lowest BCUT2D eigenvalue weighted by molar-refractivity contribution is -0.130. The molecule has 0 aliphatic carbocycles. The second-order valence-electron chi connectivity index (χ2n) is 6.10. The van der Waals surface area contributed by atoms with E-state index in [2.05, 4.69) is 22.1 Å². The molecule has 2 aliphatic rings. The molecule has 122 valence electrons. The van der Waals surface area contributed by atoms with Crippen LogP contribution >= 0.6 is 0 Å². The number of carbonyl (C=O) groups is 1. The Labute approximate surface area is 131 Å². The maximum atomic E-state index is 12.5. The molecule has 1 aromatic rings. The minimum absolute atomic E-state index is 0.227. The third kappa shape index (κ3) is 3.47. The number of nitrogens with zero attached hydrogens (tertiary/aromatic N) is 5. The molecule has 0 N–H and O–H groups in total. The van der Waals surface area contributed by atoms with Gasteiger partial charge in [-0.25, -0.2) is 0 Å². The zero-order valence-corrected chi connectivity index (χ0v) is 13.2. The molecule has 0 spiro atoms. The molecular formula is C15H25N5O2. The van der Waals surface area contributed by atoms with Crippen molar-refractivity contribution in [3.63, 3.8) is 0 Å². The molecule has 3 rings (SSSR count). The first-order valence-corrected chi connectivity index (χ1v) is 8.21. The summed E-state index contributed by atoms with van der Waals surface area (Å²) in [5.41, 5.74) is 0. The van der Waals surface area contributed by atoms with E-state index in [4.69, 9.17) is 4.74 Å². The van der Waals surface area contributed by atoms with Crippen molar-refractivity contribution in [1.82, 2.24) is 24.8 Å². The average molecular weight is 307 g/mol. The number of carbonyl (C=O) groups excluding carboxylic acids is 1. The van der Waals surface area contributed by atoms with E-state index in [9.17, 15) is 4.79 Å². The molecule has 1 aromatic heterocycles. The molecule has 3 heterocycles. The lowest BCUT2D eigenvalue weighted by Gasteiger charge is -2.34. The highest BCUT2D eigenvalue weighted by Gasteiger charge is 2.37. The highest BCUT2D eigenvalue weighted by atomic mass is 16.5. The zero-order chi connectivity index (χ0) is 15.4. The number of hydrogen-bond donors (Lipinski definition) is 0. The Morgan fingerprint density at radius 3 is 2.82 bits per heavy atom. The van der Waals surface area contributed by atoms with Crippen LogP contribution in [0.1, 0.15) is 19.8 Å². The van der Waals surface area contributed by atoms with E-state index in [0.717, 1.165) is 45.8 Å². The van der Waals surface area contributed by atoms with Crippen LogP contribution in [0.5, 0.6) is 0 Å². The van der Waals surface area contributed by atoms with Gasteiger partial charge in [0.05, 0.1) is 26.0 Å². The van der Waals surface area contributed by atoms with Crippen molar-refractivity contribution >= 4 is 5.91 Å². The van der Waals surface area contributed by atoms with E-state index in [-0.39, 0.29) is 5.91 Å². The van der Waals surface area contributed by atoms with Crippen LogP contribution in [0.4, 0.5) is 0 Å². The highest BCUT2D eigenvalue weighted by Crippen LogP contribution is 2.26. The summed E-state index contributed by atoms with van der Waals surface area (Å²) < 4.78 is 7.16. The van der Waals surface area contributed by atoms with Crippen molar-refractivity contribution in [3.05, 3.63) is 12.4 Å². The summed E-state index contributed by atoms with van der Waals surface area (Å²) in [5, 5.41) is 7.67. The summed E-state index contributed by atoms with van der Waals surface area (Å²) in [4.78, 5) is 17.0. The molecule has 2 atom stereocenters. The normalized spacial score (nSPS) is 26.5. The van der Waals surface area contributed by atoms with E-state index in [1.807, 2.05) is 4.90 Å². The van der Waals surface area contributed by atoms with E-state index in [0.29, 0.717) is 24.9 Å². The van der Waals surface area contributed by atoms with Crippen LogP contribution < -0.4 is 0 Å². The van der Waals surface area contributed by atoms with E-state index >= 15 is 0 Å². The topological polar surface area (TPSA) is 63.5 Å². The summed E-state index contributed by atoms with van der Waals surface area (Å²) in [5.74, 6) is 0.804. The molecule has 0 aromatic carbocycles. The summed E-state index contributed by atoms with van der Waals surface area (Å²) in [6.07, 6.45) is 5.05. The Morgan fingerprint density at radius 2 is 2.14 bits per heavy atom. The number of hydrogen-bond acceptors (Lipinski definition) is 5. The fourth-order valence-electron chi connectivity index (χ4n) is 3.50. The standard InChI is InChI=1S/C15H25N5O2/c1-2-13-11-19(12-14(13)18-7-9-22-10-8-18)15(21)3-5-20-6-4-16-17-20/h4,6,13-14H,2-3,5,7-12H2,1H3/t13-,14+/m1/s1. The van der Waals surface area contributed by atoms with E-state index < -0.39 is 0 Å². The number of ether oxygens (including phenoxy) is 1. The molecule has 0 unspecified atom stereocenters. The predicted molar refractivity (Wildman–Crippen MR) is 81.2 cm³/mol. The van der Waals surface area contributed by atoms with Crippen LogP contribution in [-0.2, 0) is 16.1 Å². The Balaban J connectivity index is 1.54. The first-order valence-electron chi connectivity index (χ1n) is 8.21. The van der Waals surface area contributed by atoms with Crippen molar-refractivity contribution in [1.29, 1.82) is 0 Å². The predicted octanol–water partition coefficient (Wildman–Crippen LogP) is 0.237. The number of rotatable bonds is 5. The first-order chi connectivity index (χ1) is 10.8. The zero-order valence-electron chi connectivity index (χ0n) is 13.2. The van der Waals surface area contributed by atoms with Crippen LogP contribution in [0, 0.1) is 5.92 Å². The molecule has 22 heavy (non-hydrogen) atoms. The maximum Gasteiger partial charge on any atom is 0.224 e. The van der Waals surface area contributed by atoms with E-state index in [1.165, 1.54) is 0 Å². The second kappa shape index (κ2) is 7.19. The van der Waals surface area contributed by atoms with Gasteiger partial charge in [-0.1, -0.05) is 18.6 Å². The fraction of sp³-hybridized carbons (Fsp3) is 0.800. The molecule has 0 bridgehead atoms.